The lowest BCUT2D eigenvalue weighted by Gasteiger charge is -2.10. The zero-order valence-corrected chi connectivity index (χ0v) is 9.72. The van der Waals surface area contributed by atoms with Crippen molar-refractivity contribution in [2.75, 3.05) is 32.5 Å². The molecule has 5 heteroatoms. The van der Waals surface area contributed by atoms with Crippen LogP contribution in [0.4, 0.5) is 5.82 Å². The van der Waals surface area contributed by atoms with Gasteiger partial charge in [0.2, 0.25) is 0 Å². The first kappa shape index (κ1) is 10.9. The zero-order valence-electron chi connectivity index (χ0n) is 9.72. The van der Waals surface area contributed by atoms with Crippen LogP contribution in [0.1, 0.15) is 6.42 Å². The van der Waals surface area contributed by atoms with Crippen molar-refractivity contribution in [2.24, 2.45) is 0 Å². The molecule has 0 fully saturated rings. The van der Waals surface area contributed by atoms with Crippen molar-refractivity contribution >= 4 is 11.5 Å². The molecule has 2 aromatic rings. The van der Waals surface area contributed by atoms with E-state index in [2.05, 4.69) is 34.4 Å². The third kappa shape index (κ3) is 2.70. The lowest BCUT2D eigenvalue weighted by atomic mass is 10.4. The van der Waals surface area contributed by atoms with Gasteiger partial charge in [0.15, 0.2) is 5.65 Å². The number of hydrogen-bond acceptors (Lipinski definition) is 4. The summed E-state index contributed by atoms with van der Waals surface area (Å²) < 4.78 is 1.75. The maximum Gasteiger partial charge on any atom is 0.157 e. The zero-order chi connectivity index (χ0) is 11.4. The molecule has 0 unspecified atom stereocenters. The van der Waals surface area contributed by atoms with Gasteiger partial charge in [0.25, 0.3) is 0 Å². The molecule has 0 atom stereocenters. The van der Waals surface area contributed by atoms with Crippen molar-refractivity contribution in [2.45, 2.75) is 6.42 Å². The van der Waals surface area contributed by atoms with Crippen LogP contribution in [0, 0.1) is 0 Å². The largest absolute Gasteiger partial charge is 0.370 e. The van der Waals surface area contributed by atoms with Crippen LogP contribution in [0.3, 0.4) is 0 Å². The molecule has 0 spiro atoms. The molecule has 2 rings (SSSR count). The average molecular weight is 219 g/mol. The summed E-state index contributed by atoms with van der Waals surface area (Å²) in [7, 11) is 4.16. The van der Waals surface area contributed by atoms with Gasteiger partial charge < -0.3 is 10.2 Å². The smallest absolute Gasteiger partial charge is 0.157 e. The summed E-state index contributed by atoms with van der Waals surface area (Å²) in [6.07, 6.45) is 4.77. The first-order chi connectivity index (χ1) is 7.75. The number of nitrogens with one attached hydrogen (secondary N) is 1. The second kappa shape index (κ2) is 4.94. The molecule has 0 aliphatic rings. The molecule has 0 radical (unpaired) electrons. The molecule has 1 N–H and O–H groups in total. The van der Waals surface area contributed by atoms with Gasteiger partial charge in [0, 0.05) is 18.8 Å². The van der Waals surface area contributed by atoms with Crippen LogP contribution in [-0.2, 0) is 0 Å². The number of aromatic nitrogens is 3. The fourth-order valence-corrected chi connectivity index (χ4v) is 1.52. The quantitative estimate of drug-likeness (QED) is 0.765. The van der Waals surface area contributed by atoms with Gasteiger partial charge in [-0.2, -0.15) is 5.10 Å². The molecule has 0 amide bonds. The van der Waals surface area contributed by atoms with E-state index in [1.807, 2.05) is 18.3 Å². The molecule has 0 aromatic carbocycles. The van der Waals surface area contributed by atoms with E-state index in [1.165, 1.54) is 0 Å². The SMILES string of the molecule is CN(C)CCCNc1ccn2nccc2n1. The van der Waals surface area contributed by atoms with E-state index in [1.54, 1.807) is 10.7 Å². The molecule has 0 saturated carbocycles. The normalized spacial score (nSPS) is 11.2. The molecular weight excluding hydrogens is 202 g/mol. The number of nitrogens with zero attached hydrogens (tertiary/aromatic N) is 4. The number of fused-ring (bicyclic) bond motifs is 1. The molecule has 16 heavy (non-hydrogen) atoms. The van der Waals surface area contributed by atoms with Gasteiger partial charge in [0.05, 0.1) is 6.20 Å². The Labute approximate surface area is 95.1 Å². The summed E-state index contributed by atoms with van der Waals surface area (Å²) in [5.74, 6) is 0.909. The molecule has 0 bridgehead atoms. The minimum atomic E-state index is 0.873. The molecule has 2 heterocycles. The number of hydrogen-bond donors (Lipinski definition) is 1. The van der Waals surface area contributed by atoms with Gasteiger partial charge in [-0.15, -0.1) is 0 Å². The Morgan fingerprint density at radius 3 is 3.06 bits per heavy atom. The van der Waals surface area contributed by atoms with Crippen LogP contribution in [0.5, 0.6) is 0 Å². The highest BCUT2D eigenvalue weighted by molar-refractivity contribution is 5.45. The van der Waals surface area contributed by atoms with Crippen molar-refractivity contribution in [3.05, 3.63) is 24.5 Å². The Bertz CT molecular complexity index is 448. The van der Waals surface area contributed by atoms with E-state index in [9.17, 15) is 0 Å². The lowest BCUT2D eigenvalue weighted by molar-refractivity contribution is 0.405. The lowest BCUT2D eigenvalue weighted by Crippen LogP contribution is -2.16. The maximum atomic E-state index is 4.43. The van der Waals surface area contributed by atoms with Gasteiger partial charge in [-0.05, 0) is 33.1 Å². The Morgan fingerprint density at radius 1 is 1.38 bits per heavy atom. The number of anilines is 1. The monoisotopic (exact) mass is 219 g/mol. The van der Waals surface area contributed by atoms with Gasteiger partial charge in [-0.3, -0.25) is 0 Å². The fourth-order valence-electron chi connectivity index (χ4n) is 1.52. The fraction of sp³-hybridized carbons (Fsp3) is 0.455. The highest BCUT2D eigenvalue weighted by Crippen LogP contribution is 2.05. The Kier molecular flexibility index (Phi) is 3.36. The molecular formula is C11H17N5. The average Bonchev–Trinajstić information content (AvgIpc) is 2.71. The van der Waals surface area contributed by atoms with E-state index in [4.69, 9.17) is 0 Å². The van der Waals surface area contributed by atoms with E-state index < -0.39 is 0 Å². The third-order valence-electron chi connectivity index (χ3n) is 2.35. The van der Waals surface area contributed by atoms with E-state index in [0.717, 1.165) is 31.0 Å². The second-order valence-corrected chi connectivity index (χ2v) is 4.03. The van der Waals surface area contributed by atoms with Crippen LogP contribution in [0.25, 0.3) is 5.65 Å². The molecule has 2 aromatic heterocycles. The summed E-state index contributed by atoms with van der Waals surface area (Å²) >= 11 is 0. The number of rotatable bonds is 5. The Hall–Kier alpha value is -1.62. The van der Waals surface area contributed by atoms with Gasteiger partial charge in [-0.25, -0.2) is 9.50 Å². The minimum absolute atomic E-state index is 0.873. The molecule has 5 nitrogen and oxygen atoms in total. The summed E-state index contributed by atoms with van der Waals surface area (Å²) in [6.45, 7) is 2.03. The minimum Gasteiger partial charge on any atom is -0.370 e. The van der Waals surface area contributed by atoms with E-state index >= 15 is 0 Å². The van der Waals surface area contributed by atoms with Gasteiger partial charge in [-0.1, -0.05) is 0 Å². The van der Waals surface area contributed by atoms with Crippen LogP contribution in [0.2, 0.25) is 0 Å². The Morgan fingerprint density at radius 2 is 2.25 bits per heavy atom. The van der Waals surface area contributed by atoms with Crippen molar-refractivity contribution in [3.8, 4) is 0 Å². The molecule has 0 saturated heterocycles. The highest BCUT2D eigenvalue weighted by atomic mass is 15.2. The van der Waals surface area contributed by atoms with E-state index in [-0.39, 0.29) is 0 Å². The van der Waals surface area contributed by atoms with E-state index in [0.29, 0.717) is 0 Å². The van der Waals surface area contributed by atoms with Crippen LogP contribution in [-0.4, -0.2) is 46.7 Å². The highest BCUT2D eigenvalue weighted by Gasteiger charge is 1.97. The Balaban J connectivity index is 1.89. The van der Waals surface area contributed by atoms with Crippen LogP contribution < -0.4 is 5.32 Å². The van der Waals surface area contributed by atoms with Crippen molar-refractivity contribution < 1.29 is 0 Å². The third-order valence-corrected chi connectivity index (χ3v) is 2.35. The second-order valence-electron chi connectivity index (χ2n) is 4.03. The summed E-state index contributed by atoms with van der Waals surface area (Å²) in [5, 5.41) is 7.40. The van der Waals surface area contributed by atoms with Crippen molar-refractivity contribution in [3.63, 3.8) is 0 Å². The first-order valence-corrected chi connectivity index (χ1v) is 5.45. The topological polar surface area (TPSA) is 45.5 Å². The molecule has 86 valence electrons. The predicted molar refractivity (Wildman–Crippen MR) is 64.6 cm³/mol. The summed E-state index contributed by atoms with van der Waals surface area (Å²) in [6, 6.07) is 3.83. The van der Waals surface area contributed by atoms with Crippen LogP contribution in [0.15, 0.2) is 24.5 Å². The predicted octanol–water partition coefficient (Wildman–Crippen LogP) is 1.09. The van der Waals surface area contributed by atoms with Crippen LogP contribution >= 0.6 is 0 Å². The first-order valence-electron chi connectivity index (χ1n) is 5.45. The summed E-state index contributed by atoms with van der Waals surface area (Å²) in [4.78, 5) is 6.60. The van der Waals surface area contributed by atoms with Crippen molar-refractivity contribution in [1.29, 1.82) is 0 Å². The molecule has 0 aliphatic carbocycles. The van der Waals surface area contributed by atoms with Crippen molar-refractivity contribution in [1.82, 2.24) is 19.5 Å². The van der Waals surface area contributed by atoms with Gasteiger partial charge >= 0.3 is 0 Å². The summed E-state index contributed by atoms with van der Waals surface area (Å²) in [5.41, 5.74) is 0.873. The standard InChI is InChI=1S/C11H17N5/c1-15(2)8-3-6-12-10-5-9-16-11(14-10)4-7-13-16/h4-5,7,9H,3,6,8H2,1-2H3,(H,12,14). The molecule has 0 aliphatic heterocycles. The van der Waals surface area contributed by atoms with Gasteiger partial charge in [0.1, 0.15) is 5.82 Å². The maximum absolute atomic E-state index is 4.43.